The van der Waals surface area contributed by atoms with E-state index in [0.29, 0.717) is 4.90 Å². The number of imide groups is 1. The topological polar surface area (TPSA) is 110 Å². The second-order valence-corrected chi connectivity index (χ2v) is 2.20. The quantitative estimate of drug-likeness (QED) is 0.414. The number of aliphatic hydroxyl groups excluding tert-OH is 1. The van der Waals surface area contributed by atoms with Gasteiger partial charge in [-0.3, -0.25) is 14.5 Å². The molecular formula is C6H13N3O3. The van der Waals surface area contributed by atoms with Gasteiger partial charge in [0.05, 0.1) is 13.1 Å². The second kappa shape index (κ2) is 4.81. The monoisotopic (exact) mass is 175 g/mol. The number of carbonyl (C=O) groups excluding carboxylic acids is 2. The van der Waals surface area contributed by atoms with Gasteiger partial charge in [-0.1, -0.05) is 0 Å². The van der Waals surface area contributed by atoms with Crippen molar-refractivity contribution in [3.05, 3.63) is 0 Å². The van der Waals surface area contributed by atoms with E-state index < -0.39 is 18.0 Å². The maximum atomic E-state index is 10.9. The molecule has 0 aliphatic heterocycles. The Hall–Kier alpha value is -0.980. The Kier molecular flexibility index (Phi) is 4.42. The molecular weight excluding hydrogens is 162 g/mol. The molecule has 0 aromatic heterocycles. The number of hydrogen-bond donors (Lipinski definition) is 3. The SMILES string of the molecule is CC(O)N(C(=O)CN)C(=O)CN. The van der Waals surface area contributed by atoms with E-state index in [1.165, 1.54) is 6.92 Å². The molecule has 0 spiro atoms. The minimum atomic E-state index is -1.18. The maximum absolute atomic E-state index is 10.9. The van der Waals surface area contributed by atoms with Crippen molar-refractivity contribution in [3.63, 3.8) is 0 Å². The van der Waals surface area contributed by atoms with Crippen molar-refractivity contribution < 1.29 is 14.7 Å². The van der Waals surface area contributed by atoms with Crippen molar-refractivity contribution in [2.75, 3.05) is 13.1 Å². The van der Waals surface area contributed by atoms with Crippen LogP contribution >= 0.6 is 0 Å². The summed E-state index contributed by atoms with van der Waals surface area (Å²) in [6.07, 6.45) is -1.18. The minimum absolute atomic E-state index is 0.323. The number of nitrogens with two attached hydrogens (primary N) is 2. The van der Waals surface area contributed by atoms with Crippen LogP contribution in [-0.2, 0) is 9.59 Å². The maximum Gasteiger partial charge on any atom is 0.245 e. The highest BCUT2D eigenvalue weighted by atomic mass is 16.3. The molecule has 0 fully saturated rings. The van der Waals surface area contributed by atoms with E-state index in [1.807, 2.05) is 0 Å². The molecule has 6 heteroatoms. The summed E-state index contributed by atoms with van der Waals surface area (Å²) in [4.78, 5) is 22.5. The molecule has 12 heavy (non-hydrogen) atoms. The highest BCUT2D eigenvalue weighted by Crippen LogP contribution is 1.95. The molecule has 0 rings (SSSR count). The number of amides is 2. The second-order valence-electron chi connectivity index (χ2n) is 2.20. The fraction of sp³-hybridized carbons (Fsp3) is 0.667. The first-order chi connectivity index (χ1) is 5.54. The van der Waals surface area contributed by atoms with Crippen LogP contribution in [0.5, 0.6) is 0 Å². The zero-order valence-corrected chi connectivity index (χ0v) is 6.86. The Morgan fingerprint density at radius 2 is 1.67 bits per heavy atom. The first-order valence-corrected chi connectivity index (χ1v) is 3.47. The van der Waals surface area contributed by atoms with Gasteiger partial charge in [-0.2, -0.15) is 0 Å². The molecule has 0 saturated heterocycles. The van der Waals surface area contributed by atoms with Crippen molar-refractivity contribution in [3.8, 4) is 0 Å². The minimum Gasteiger partial charge on any atom is -0.373 e. The molecule has 0 aromatic rings. The average molecular weight is 175 g/mol. The molecule has 70 valence electrons. The van der Waals surface area contributed by atoms with Crippen LogP contribution in [-0.4, -0.2) is 41.1 Å². The Morgan fingerprint density at radius 1 is 1.33 bits per heavy atom. The molecule has 0 aliphatic carbocycles. The van der Waals surface area contributed by atoms with Gasteiger partial charge in [0, 0.05) is 0 Å². The highest BCUT2D eigenvalue weighted by molar-refractivity contribution is 5.97. The van der Waals surface area contributed by atoms with Gasteiger partial charge >= 0.3 is 0 Å². The van der Waals surface area contributed by atoms with E-state index >= 15 is 0 Å². The summed E-state index contributed by atoms with van der Waals surface area (Å²) in [6, 6.07) is 0. The van der Waals surface area contributed by atoms with E-state index in [-0.39, 0.29) is 13.1 Å². The van der Waals surface area contributed by atoms with Crippen LogP contribution in [0.1, 0.15) is 6.92 Å². The van der Waals surface area contributed by atoms with Crippen LogP contribution in [0, 0.1) is 0 Å². The largest absolute Gasteiger partial charge is 0.373 e. The number of aliphatic hydroxyl groups is 1. The molecule has 0 bridgehead atoms. The summed E-state index contributed by atoms with van der Waals surface area (Å²) in [6.45, 7) is 0.647. The summed E-state index contributed by atoms with van der Waals surface area (Å²) < 4.78 is 0. The molecule has 1 atom stereocenters. The third-order valence-corrected chi connectivity index (χ3v) is 1.26. The number of carbonyl (C=O) groups is 2. The van der Waals surface area contributed by atoms with Gasteiger partial charge in [0.25, 0.3) is 0 Å². The molecule has 1 unspecified atom stereocenters. The van der Waals surface area contributed by atoms with E-state index in [4.69, 9.17) is 16.6 Å². The molecule has 0 heterocycles. The Bertz CT molecular complexity index is 165. The van der Waals surface area contributed by atoms with E-state index in [1.54, 1.807) is 0 Å². The lowest BCUT2D eigenvalue weighted by Gasteiger charge is -2.21. The van der Waals surface area contributed by atoms with Gasteiger partial charge in [0.1, 0.15) is 6.23 Å². The van der Waals surface area contributed by atoms with Crippen LogP contribution in [0.2, 0.25) is 0 Å². The fourth-order valence-electron chi connectivity index (χ4n) is 0.753. The molecule has 5 N–H and O–H groups in total. The summed E-state index contributed by atoms with van der Waals surface area (Å²) in [5, 5.41) is 8.99. The lowest BCUT2D eigenvalue weighted by molar-refractivity contribution is -0.153. The summed E-state index contributed by atoms with van der Waals surface area (Å²) >= 11 is 0. The van der Waals surface area contributed by atoms with Gasteiger partial charge in [-0.25, -0.2) is 0 Å². The predicted molar refractivity (Wildman–Crippen MR) is 41.6 cm³/mol. The van der Waals surface area contributed by atoms with Crippen LogP contribution in [0.3, 0.4) is 0 Å². The van der Waals surface area contributed by atoms with E-state index in [0.717, 1.165) is 0 Å². The Morgan fingerprint density at radius 3 is 1.83 bits per heavy atom. The van der Waals surface area contributed by atoms with Crippen molar-refractivity contribution >= 4 is 11.8 Å². The molecule has 0 saturated carbocycles. The molecule has 6 nitrogen and oxygen atoms in total. The van der Waals surface area contributed by atoms with E-state index in [2.05, 4.69) is 0 Å². The van der Waals surface area contributed by atoms with Crippen LogP contribution in [0.4, 0.5) is 0 Å². The third kappa shape index (κ3) is 2.57. The normalized spacial score (nSPS) is 12.3. The number of nitrogens with zero attached hydrogens (tertiary/aromatic N) is 1. The number of hydrogen-bond acceptors (Lipinski definition) is 5. The summed E-state index contributed by atoms with van der Waals surface area (Å²) in [5.41, 5.74) is 10.0. The van der Waals surface area contributed by atoms with Gasteiger partial charge in [0.15, 0.2) is 0 Å². The van der Waals surface area contributed by atoms with Gasteiger partial charge in [-0.15, -0.1) is 0 Å². The van der Waals surface area contributed by atoms with Crippen LogP contribution in [0.25, 0.3) is 0 Å². The van der Waals surface area contributed by atoms with Crippen LogP contribution < -0.4 is 11.5 Å². The predicted octanol–water partition coefficient (Wildman–Crippen LogP) is -2.40. The number of rotatable bonds is 3. The van der Waals surface area contributed by atoms with Crippen molar-refractivity contribution in [2.24, 2.45) is 11.5 Å². The zero-order valence-electron chi connectivity index (χ0n) is 6.86. The standard InChI is InChI=1S/C6H13N3O3/c1-4(10)9(5(11)2-7)6(12)3-8/h4,10H,2-3,7-8H2,1H3. The fourth-order valence-corrected chi connectivity index (χ4v) is 0.753. The molecule has 0 aliphatic rings. The summed E-state index contributed by atoms with van der Waals surface area (Å²) in [7, 11) is 0. The lowest BCUT2D eigenvalue weighted by atomic mass is 10.4. The van der Waals surface area contributed by atoms with Crippen molar-refractivity contribution in [2.45, 2.75) is 13.2 Å². The van der Waals surface area contributed by atoms with E-state index in [9.17, 15) is 9.59 Å². The smallest absolute Gasteiger partial charge is 0.245 e. The first kappa shape index (κ1) is 11.0. The Balaban J connectivity index is 4.43. The average Bonchev–Trinajstić information content (AvgIpc) is 2.03. The van der Waals surface area contributed by atoms with Crippen LogP contribution in [0.15, 0.2) is 0 Å². The van der Waals surface area contributed by atoms with Gasteiger partial charge in [-0.05, 0) is 6.92 Å². The first-order valence-electron chi connectivity index (χ1n) is 3.47. The zero-order chi connectivity index (χ0) is 9.72. The lowest BCUT2D eigenvalue weighted by Crippen LogP contribution is -2.48. The van der Waals surface area contributed by atoms with Gasteiger partial charge < -0.3 is 16.6 Å². The Labute approximate surface area is 70.1 Å². The van der Waals surface area contributed by atoms with Crippen molar-refractivity contribution in [1.29, 1.82) is 0 Å². The molecule has 0 radical (unpaired) electrons. The molecule has 0 aromatic carbocycles. The highest BCUT2D eigenvalue weighted by Gasteiger charge is 2.22. The molecule has 2 amide bonds. The summed E-state index contributed by atoms with van der Waals surface area (Å²) in [5.74, 6) is -1.28. The van der Waals surface area contributed by atoms with Gasteiger partial charge in [0.2, 0.25) is 11.8 Å². The van der Waals surface area contributed by atoms with Crippen molar-refractivity contribution in [1.82, 2.24) is 4.90 Å². The third-order valence-electron chi connectivity index (χ3n) is 1.26.